The number of Topliss-reactive ketones (excluding diaryl/α,β-unsaturated/α-hetero) is 1. The van der Waals surface area contributed by atoms with E-state index in [9.17, 15) is 9.18 Å². The van der Waals surface area contributed by atoms with Crippen molar-refractivity contribution in [2.24, 2.45) is 0 Å². The summed E-state index contributed by atoms with van der Waals surface area (Å²) in [5.74, 6) is -0.00360. The van der Waals surface area contributed by atoms with Gasteiger partial charge < -0.3 is 4.74 Å². The number of hydrogen-bond donors (Lipinski definition) is 0. The molecule has 0 aliphatic carbocycles. The lowest BCUT2D eigenvalue weighted by Crippen LogP contribution is -2.23. The minimum atomic E-state index is -0.616. The third-order valence-corrected chi connectivity index (χ3v) is 4.22. The Morgan fingerprint density at radius 2 is 2.16 bits per heavy atom. The molecule has 0 spiro atoms. The zero-order valence-corrected chi connectivity index (χ0v) is 13.7. The van der Waals surface area contributed by atoms with Crippen molar-refractivity contribution in [3.63, 3.8) is 0 Å². The maximum absolute atomic E-state index is 13.9. The predicted molar refractivity (Wildman–Crippen MR) is 88.3 cm³/mol. The molecule has 2 aromatic heterocycles. The van der Waals surface area contributed by atoms with Crippen LogP contribution in [0.5, 0.6) is 5.75 Å². The summed E-state index contributed by atoms with van der Waals surface area (Å²) >= 11 is 0. The van der Waals surface area contributed by atoms with Gasteiger partial charge in [0.1, 0.15) is 23.2 Å². The van der Waals surface area contributed by atoms with E-state index in [0.717, 1.165) is 5.56 Å². The molecule has 6 nitrogen and oxygen atoms in total. The van der Waals surface area contributed by atoms with E-state index < -0.39 is 5.95 Å². The first-order chi connectivity index (χ1) is 12.0. The summed E-state index contributed by atoms with van der Waals surface area (Å²) in [6.07, 6.45) is 1.60. The number of fused-ring (bicyclic) bond motifs is 1. The largest absolute Gasteiger partial charge is 0.489 e. The quantitative estimate of drug-likeness (QED) is 0.672. The Hall–Kier alpha value is -3.09. The number of ether oxygens (including phenoxy) is 1. The van der Waals surface area contributed by atoms with E-state index in [1.54, 1.807) is 37.3 Å². The Balaban J connectivity index is 1.78. The number of hydrogen-bond acceptors (Lipinski definition) is 5. The Labute approximate surface area is 143 Å². The summed E-state index contributed by atoms with van der Waals surface area (Å²) in [6.45, 7) is 3.66. The van der Waals surface area contributed by atoms with Crippen LogP contribution in [-0.2, 0) is 0 Å². The molecule has 0 saturated heterocycles. The van der Waals surface area contributed by atoms with Crippen LogP contribution < -0.4 is 4.74 Å². The van der Waals surface area contributed by atoms with Gasteiger partial charge in [0, 0.05) is 18.2 Å². The topological polar surface area (TPSA) is 69.9 Å². The van der Waals surface area contributed by atoms with E-state index in [4.69, 9.17) is 4.74 Å². The third-order valence-electron chi connectivity index (χ3n) is 4.22. The molecule has 3 aromatic rings. The van der Waals surface area contributed by atoms with E-state index in [-0.39, 0.29) is 17.6 Å². The van der Waals surface area contributed by atoms with Gasteiger partial charge in [-0.15, -0.1) is 5.10 Å². The van der Waals surface area contributed by atoms with Gasteiger partial charge in [-0.1, -0.05) is 11.3 Å². The SMILES string of the molecule is Cc1c(-c2ccc3c(c2)O[C@@H](C)CC3=O)nnn1-c1cccnc1F. The van der Waals surface area contributed by atoms with Gasteiger partial charge in [-0.05, 0) is 38.1 Å². The normalized spacial score (nSPS) is 16.4. The molecule has 4 rings (SSSR count). The van der Waals surface area contributed by atoms with Crippen molar-refractivity contribution < 1.29 is 13.9 Å². The number of halogens is 1. The highest BCUT2D eigenvalue weighted by atomic mass is 19.1. The summed E-state index contributed by atoms with van der Waals surface area (Å²) in [4.78, 5) is 15.7. The van der Waals surface area contributed by atoms with Crippen LogP contribution in [0, 0.1) is 12.9 Å². The van der Waals surface area contributed by atoms with Gasteiger partial charge in [-0.3, -0.25) is 4.79 Å². The summed E-state index contributed by atoms with van der Waals surface area (Å²) in [6, 6.07) is 8.55. The number of aromatic nitrogens is 4. The molecule has 25 heavy (non-hydrogen) atoms. The molecule has 1 aliphatic heterocycles. The molecule has 7 heteroatoms. The van der Waals surface area contributed by atoms with Crippen LogP contribution in [-0.4, -0.2) is 31.9 Å². The van der Waals surface area contributed by atoms with Crippen molar-refractivity contribution in [3.8, 4) is 22.7 Å². The smallest absolute Gasteiger partial charge is 0.238 e. The molecule has 0 radical (unpaired) electrons. The van der Waals surface area contributed by atoms with Crippen LogP contribution in [0.4, 0.5) is 4.39 Å². The standard InChI is InChI=1S/C18H15FN4O2/c1-10-8-15(24)13-6-5-12(9-16(13)25-10)17-11(2)23(22-21-17)14-4-3-7-20-18(14)19/h3-7,9-10H,8H2,1-2H3/t10-/m0/s1. The van der Waals surface area contributed by atoms with E-state index in [1.165, 1.54) is 10.9 Å². The van der Waals surface area contributed by atoms with Crippen LogP contribution in [0.3, 0.4) is 0 Å². The third kappa shape index (κ3) is 2.57. The molecular weight excluding hydrogens is 323 g/mol. The highest BCUT2D eigenvalue weighted by Gasteiger charge is 2.25. The second-order valence-corrected chi connectivity index (χ2v) is 6.02. The van der Waals surface area contributed by atoms with Crippen LogP contribution >= 0.6 is 0 Å². The molecule has 0 N–H and O–H groups in total. The first-order valence-electron chi connectivity index (χ1n) is 7.92. The molecule has 0 unspecified atom stereocenters. The van der Waals surface area contributed by atoms with Gasteiger partial charge in [0.15, 0.2) is 5.78 Å². The Morgan fingerprint density at radius 3 is 2.96 bits per heavy atom. The average molecular weight is 338 g/mol. The van der Waals surface area contributed by atoms with Crippen LogP contribution in [0.15, 0.2) is 36.5 Å². The minimum absolute atomic E-state index is 0.0677. The van der Waals surface area contributed by atoms with Gasteiger partial charge in [0.2, 0.25) is 5.95 Å². The second kappa shape index (κ2) is 5.77. The van der Waals surface area contributed by atoms with E-state index in [2.05, 4.69) is 15.3 Å². The average Bonchev–Trinajstić information content (AvgIpc) is 2.96. The van der Waals surface area contributed by atoms with Crippen molar-refractivity contribution >= 4 is 5.78 Å². The number of ketones is 1. The molecule has 1 atom stereocenters. The summed E-state index contributed by atoms with van der Waals surface area (Å²) in [5.41, 5.74) is 2.83. The predicted octanol–water partition coefficient (Wildman–Crippen LogP) is 3.13. The van der Waals surface area contributed by atoms with Crippen molar-refractivity contribution in [2.75, 3.05) is 0 Å². The van der Waals surface area contributed by atoms with E-state index >= 15 is 0 Å². The molecular formula is C18H15FN4O2. The van der Waals surface area contributed by atoms with Gasteiger partial charge >= 0.3 is 0 Å². The lowest BCUT2D eigenvalue weighted by Gasteiger charge is -2.22. The number of benzene rings is 1. The fourth-order valence-corrected chi connectivity index (χ4v) is 2.99. The van der Waals surface area contributed by atoms with Gasteiger partial charge in [-0.2, -0.15) is 4.39 Å². The van der Waals surface area contributed by atoms with Gasteiger partial charge in [-0.25, -0.2) is 9.67 Å². The number of nitrogens with zero attached hydrogens (tertiary/aromatic N) is 4. The first kappa shape index (κ1) is 15.4. The number of pyridine rings is 1. The van der Waals surface area contributed by atoms with Gasteiger partial charge in [0.05, 0.1) is 11.3 Å². The van der Waals surface area contributed by atoms with Crippen LogP contribution in [0.2, 0.25) is 0 Å². The molecule has 1 aliphatic rings. The van der Waals surface area contributed by atoms with Crippen molar-refractivity contribution in [3.05, 3.63) is 53.7 Å². The highest BCUT2D eigenvalue weighted by Crippen LogP contribution is 2.33. The minimum Gasteiger partial charge on any atom is -0.489 e. The zero-order valence-electron chi connectivity index (χ0n) is 13.7. The number of carbonyl (C=O) groups excluding carboxylic acids is 1. The fraction of sp³-hybridized carbons (Fsp3) is 0.222. The van der Waals surface area contributed by atoms with E-state index in [0.29, 0.717) is 29.1 Å². The zero-order chi connectivity index (χ0) is 17.6. The van der Waals surface area contributed by atoms with Gasteiger partial charge in [0.25, 0.3) is 0 Å². The monoisotopic (exact) mass is 338 g/mol. The molecule has 0 fully saturated rings. The fourth-order valence-electron chi connectivity index (χ4n) is 2.99. The first-order valence-corrected chi connectivity index (χ1v) is 7.92. The summed E-state index contributed by atoms with van der Waals surface area (Å²) < 4.78 is 21.1. The van der Waals surface area contributed by atoms with E-state index in [1.807, 2.05) is 6.92 Å². The molecule has 3 heterocycles. The molecule has 1 aromatic carbocycles. The van der Waals surface area contributed by atoms with Crippen molar-refractivity contribution in [1.29, 1.82) is 0 Å². The lowest BCUT2D eigenvalue weighted by molar-refractivity contribution is 0.0871. The summed E-state index contributed by atoms with van der Waals surface area (Å²) in [7, 11) is 0. The molecule has 0 bridgehead atoms. The molecule has 126 valence electrons. The lowest BCUT2D eigenvalue weighted by atomic mass is 9.98. The number of rotatable bonds is 2. The Kier molecular flexibility index (Phi) is 3.56. The van der Waals surface area contributed by atoms with Crippen molar-refractivity contribution in [1.82, 2.24) is 20.0 Å². The second-order valence-electron chi connectivity index (χ2n) is 6.02. The number of carbonyl (C=O) groups is 1. The van der Waals surface area contributed by atoms with Crippen LogP contribution in [0.25, 0.3) is 16.9 Å². The van der Waals surface area contributed by atoms with Crippen molar-refractivity contribution in [2.45, 2.75) is 26.4 Å². The maximum atomic E-state index is 13.9. The summed E-state index contributed by atoms with van der Waals surface area (Å²) in [5, 5.41) is 8.21. The molecule has 0 amide bonds. The maximum Gasteiger partial charge on any atom is 0.238 e. The molecule has 0 saturated carbocycles. The van der Waals surface area contributed by atoms with Crippen LogP contribution in [0.1, 0.15) is 29.4 Å². The Bertz CT molecular complexity index is 983. The highest BCUT2D eigenvalue weighted by molar-refractivity contribution is 6.00. The Morgan fingerprint density at radius 1 is 1.32 bits per heavy atom.